The van der Waals surface area contributed by atoms with Gasteiger partial charge in [0.15, 0.2) is 11.5 Å². The fraction of sp³-hybridized carbons (Fsp3) is 0.462. The van der Waals surface area contributed by atoms with Crippen LogP contribution in [0.2, 0.25) is 0 Å². The highest BCUT2D eigenvalue weighted by atomic mass is 16.7. The van der Waals surface area contributed by atoms with Crippen LogP contribution in [0.1, 0.15) is 25.7 Å². The van der Waals surface area contributed by atoms with Crippen LogP contribution in [0.15, 0.2) is 12.1 Å². The normalized spacial score (nSPS) is 12.2. The van der Waals surface area contributed by atoms with Crippen LogP contribution in [0.3, 0.4) is 0 Å². The zero-order valence-electron chi connectivity index (χ0n) is 11.5. The second kappa shape index (κ2) is 6.89. The number of nitro benzene ring substituents is 1. The van der Waals surface area contributed by atoms with E-state index in [-0.39, 0.29) is 24.1 Å². The number of carbonyl (C=O) groups excluding carboxylic acids is 1. The van der Waals surface area contributed by atoms with Crippen LogP contribution >= 0.6 is 0 Å². The molecular formula is C13H17N3O5. The van der Waals surface area contributed by atoms with Crippen LogP contribution in [0, 0.1) is 10.1 Å². The van der Waals surface area contributed by atoms with Gasteiger partial charge in [0.2, 0.25) is 12.7 Å². The Hall–Kier alpha value is -2.35. The average Bonchev–Trinajstić information content (AvgIpc) is 2.89. The Kier molecular flexibility index (Phi) is 4.94. The first-order valence-corrected chi connectivity index (χ1v) is 6.69. The van der Waals surface area contributed by atoms with Crippen molar-refractivity contribution in [3.05, 3.63) is 22.2 Å². The van der Waals surface area contributed by atoms with Gasteiger partial charge in [-0.1, -0.05) is 6.42 Å². The number of hydrogen-bond acceptors (Lipinski definition) is 6. The van der Waals surface area contributed by atoms with Crippen LogP contribution in [-0.4, -0.2) is 24.2 Å². The number of anilines is 1. The third-order valence-electron chi connectivity index (χ3n) is 3.07. The van der Waals surface area contributed by atoms with E-state index in [9.17, 15) is 14.9 Å². The molecule has 0 aliphatic carbocycles. The van der Waals surface area contributed by atoms with E-state index >= 15 is 0 Å². The zero-order valence-corrected chi connectivity index (χ0v) is 11.5. The SMILES string of the molecule is NCCCCCC(=O)Nc1cc2c(cc1[N+](=O)[O-])OCO2. The zero-order chi connectivity index (χ0) is 15.2. The van der Waals surface area contributed by atoms with Crippen molar-refractivity contribution in [2.75, 3.05) is 18.7 Å². The van der Waals surface area contributed by atoms with Gasteiger partial charge in [-0.25, -0.2) is 0 Å². The highest BCUT2D eigenvalue weighted by Gasteiger charge is 2.24. The predicted molar refractivity (Wildman–Crippen MR) is 75.4 cm³/mol. The van der Waals surface area contributed by atoms with Gasteiger partial charge in [0, 0.05) is 12.5 Å². The molecule has 8 nitrogen and oxygen atoms in total. The molecule has 0 saturated carbocycles. The molecule has 114 valence electrons. The van der Waals surface area contributed by atoms with Crippen molar-refractivity contribution >= 4 is 17.3 Å². The van der Waals surface area contributed by atoms with E-state index in [1.54, 1.807) is 0 Å². The third kappa shape index (κ3) is 3.82. The number of benzene rings is 1. The van der Waals surface area contributed by atoms with Crippen molar-refractivity contribution < 1.29 is 19.2 Å². The summed E-state index contributed by atoms with van der Waals surface area (Å²) in [7, 11) is 0. The molecule has 3 N–H and O–H groups in total. The summed E-state index contributed by atoms with van der Waals surface area (Å²) in [6.45, 7) is 0.609. The van der Waals surface area contributed by atoms with Crippen LogP contribution in [0.4, 0.5) is 11.4 Å². The van der Waals surface area contributed by atoms with Gasteiger partial charge in [-0.2, -0.15) is 0 Å². The molecule has 0 atom stereocenters. The van der Waals surface area contributed by atoms with Crippen LogP contribution in [-0.2, 0) is 4.79 Å². The van der Waals surface area contributed by atoms with Crippen molar-refractivity contribution in [2.45, 2.75) is 25.7 Å². The van der Waals surface area contributed by atoms with Gasteiger partial charge in [-0.05, 0) is 19.4 Å². The Morgan fingerprint density at radius 2 is 2.00 bits per heavy atom. The van der Waals surface area contributed by atoms with E-state index in [2.05, 4.69) is 5.32 Å². The maximum atomic E-state index is 11.8. The number of amides is 1. The van der Waals surface area contributed by atoms with E-state index < -0.39 is 4.92 Å². The second-order valence-electron chi connectivity index (χ2n) is 4.63. The average molecular weight is 295 g/mol. The van der Waals surface area contributed by atoms with Gasteiger partial charge < -0.3 is 20.5 Å². The van der Waals surface area contributed by atoms with Crippen LogP contribution in [0.5, 0.6) is 11.5 Å². The number of hydrogen-bond donors (Lipinski definition) is 2. The van der Waals surface area contributed by atoms with Crippen molar-refractivity contribution in [2.24, 2.45) is 5.73 Å². The van der Waals surface area contributed by atoms with Crippen molar-refractivity contribution in [1.29, 1.82) is 0 Å². The van der Waals surface area contributed by atoms with Gasteiger partial charge >= 0.3 is 0 Å². The van der Waals surface area contributed by atoms with E-state index in [4.69, 9.17) is 15.2 Å². The van der Waals surface area contributed by atoms with Crippen molar-refractivity contribution in [3.8, 4) is 11.5 Å². The molecule has 0 spiro atoms. The molecule has 1 heterocycles. The molecule has 8 heteroatoms. The maximum Gasteiger partial charge on any atom is 0.296 e. The summed E-state index contributed by atoms with van der Waals surface area (Å²) in [4.78, 5) is 22.3. The van der Waals surface area contributed by atoms with E-state index in [0.29, 0.717) is 30.9 Å². The molecule has 1 aromatic rings. The number of rotatable bonds is 7. The summed E-state index contributed by atoms with van der Waals surface area (Å²) in [5, 5.41) is 13.6. The Morgan fingerprint density at radius 1 is 1.29 bits per heavy atom. The highest BCUT2D eigenvalue weighted by Crippen LogP contribution is 2.40. The highest BCUT2D eigenvalue weighted by molar-refractivity contribution is 5.93. The Labute approximate surface area is 121 Å². The van der Waals surface area contributed by atoms with Crippen molar-refractivity contribution in [1.82, 2.24) is 0 Å². The Bertz CT molecular complexity index is 547. The monoisotopic (exact) mass is 295 g/mol. The lowest BCUT2D eigenvalue weighted by molar-refractivity contribution is -0.384. The molecule has 0 aromatic heterocycles. The maximum absolute atomic E-state index is 11.8. The number of nitrogens with two attached hydrogens (primary N) is 1. The number of ether oxygens (including phenoxy) is 2. The number of nitrogens with one attached hydrogen (secondary N) is 1. The minimum atomic E-state index is -0.563. The van der Waals surface area contributed by atoms with Crippen LogP contribution < -0.4 is 20.5 Å². The molecule has 21 heavy (non-hydrogen) atoms. The Morgan fingerprint density at radius 3 is 2.67 bits per heavy atom. The molecule has 0 fully saturated rings. The summed E-state index contributed by atoms with van der Waals surface area (Å²) >= 11 is 0. The molecule has 2 rings (SSSR count). The van der Waals surface area contributed by atoms with Gasteiger partial charge in [0.05, 0.1) is 11.0 Å². The second-order valence-corrected chi connectivity index (χ2v) is 4.63. The molecule has 0 unspecified atom stereocenters. The lowest BCUT2D eigenvalue weighted by Crippen LogP contribution is -2.12. The van der Waals surface area contributed by atoms with Gasteiger partial charge in [-0.3, -0.25) is 14.9 Å². The van der Waals surface area contributed by atoms with E-state index in [1.807, 2.05) is 0 Å². The largest absolute Gasteiger partial charge is 0.454 e. The molecule has 0 saturated heterocycles. The smallest absolute Gasteiger partial charge is 0.296 e. The number of carbonyl (C=O) groups is 1. The predicted octanol–water partition coefficient (Wildman–Crippen LogP) is 1.78. The van der Waals surface area contributed by atoms with Gasteiger partial charge in [0.1, 0.15) is 5.69 Å². The first kappa shape index (κ1) is 15.0. The first-order valence-electron chi connectivity index (χ1n) is 6.69. The van der Waals surface area contributed by atoms with Gasteiger partial charge in [0.25, 0.3) is 5.69 Å². The minimum absolute atomic E-state index is 0.0168. The van der Waals surface area contributed by atoms with E-state index in [1.165, 1.54) is 12.1 Å². The van der Waals surface area contributed by atoms with Gasteiger partial charge in [-0.15, -0.1) is 0 Å². The lowest BCUT2D eigenvalue weighted by Gasteiger charge is -2.07. The standard InChI is InChI=1S/C13H17N3O5/c14-5-3-1-2-4-13(17)15-9-6-11-12(21-8-20-11)7-10(9)16(18)19/h6-7H,1-5,8,14H2,(H,15,17). The minimum Gasteiger partial charge on any atom is -0.454 e. The van der Waals surface area contributed by atoms with Crippen molar-refractivity contribution in [3.63, 3.8) is 0 Å². The Balaban J connectivity index is 2.05. The molecule has 1 aliphatic rings. The summed E-state index contributed by atoms with van der Waals surface area (Å²) < 4.78 is 10.2. The fourth-order valence-electron chi connectivity index (χ4n) is 2.00. The molecule has 1 amide bonds. The molecule has 1 aliphatic heterocycles. The lowest BCUT2D eigenvalue weighted by atomic mass is 10.2. The molecule has 0 radical (unpaired) electrons. The van der Waals surface area contributed by atoms with Crippen LogP contribution in [0.25, 0.3) is 0 Å². The quantitative estimate of drug-likeness (QED) is 0.450. The summed E-state index contributed by atoms with van der Waals surface area (Å²) in [6.07, 6.45) is 2.71. The topological polar surface area (TPSA) is 117 Å². The summed E-state index contributed by atoms with van der Waals surface area (Å²) in [5.74, 6) is 0.427. The molecular weight excluding hydrogens is 278 g/mol. The third-order valence-corrected chi connectivity index (χ3v) is 3.07. The number of nitro groups is 1. The van der Waals surface area contributed by atoms with E-state index in [0.717, 1.165) is 12.8 Å². The fourth-order valence-corrected chi connectivity index (χ4v) is 2.00. The number of fused-ring (bicyclic) bond motifs is 1. The first-order chi connectivity index (χ1) is 10.1. The summed E-state index contributed by atoms with van der Waals surface area (Å²) in [5.41, 5.74) is 5.28. The summed E-state index contributed by atoms with van der Waals surface area (Å²) in [6, 6.07) is 2.67. The molecule has 0 bridgehead atoms. The number of unbranched alkanes of at least 4 members (excludes halogenated alkanes) is 2. The molecule has 1 aromatic carbocycles. The number of nitrogens with zero attached hydrogens (tertiary/aromatic N) is 1.